The minimum absolute atomic E-state index is 0.0662. The molecule has 0 fully saturated rings. The largest absolute Gasteiger partial charge is 0.480 e. The number of primary amides is 1. The van der Waals surface area contributed by atoms with Crippen LogP contribution in [0.3, 0.4) is 0 Å². The maximum absolute atomic E-state index is 11.5. The lowest BCUT2D eigenvalue weighted by Crippen LogP contribution is -2.46. The molecular formula is C11H15N5O4. The third-order valence-corrected chi connectivity index (χ3v) is 2.34. The maximum atomic E-state index is 11.5. The summed E-state index contributed by atoms with van der Waals surface area (Å²) < 4.78 is 0. The van der Waals surface area contributed by atoms with Gasteiger partial charge in [0.15, 0.2) is 0 Å². The lowest BCUT2D eigenvalue weighted by atomic mass is 10.1. The topological polar surface area (TPSA) is 147 Å². The molecule has 0 unspecified atom stereocenters. The van der Waals surface area contributed by atoms with Crippen LogP contribution in [0.25, 0.3) is 0 Å². The van der Waals surface area contributed by atoms with Gasteiger partial charge in [0.25, 0.3) is 0 Å². The molecule has 0 aliphatic rings. The van der Waals surface area contributed by atoms with Gasteiger partial charge in [-0.05, 0) is 18.6 Å². The third-order valence-electron chi connectivity index (χ3n) is 2.34. The van der Waals surface area contributed by atoms with E-state index in [1.165, 1.54) is 6.20 Å². The molecule has 0 spiro atoms. The molecule has 0 aliphatic heterocycles. The first kappa shape index (κ1) is 15.3. The van der Waals surface area contributed by atoms with Crippen molar-refractivity contribution in [2.45, 2.75) is 25.4 Å². The van der Waals surface area contributed by atoms with Crippen molar-refractivity contribution in [3.8, 4) is 0 Å². The average Bonchev–Trinajstić information content (AvgIpc) is 2.41. The Kier molecular flexibility index (Phi) is 5.88. The average molecular weight is 281 g/mol. The number of carboxylic acids is 1. The summed E-state index contributed by atoms with van der Waals surface area (Å²) in [5, 5.41) is 21.0. The molecule has 108 valence electrons. The zero-order valence-electron chi connectivity index (χ0n) is 10.6. The Morgan fingerprint density at radius 3 is 2.70 bits per heavy atom. The van der Waals surface area contributed by atoms with E-state index < -0.39 is 23.9 Å². The molecule has 9 nitrogen and oxygen atoms in total. The Morgan fingerprint density at radius 1 is 1.40 bits per heavy atom. The van der Waals surface area contributed by atoms with E-state index in [4.69, 9.17) is 10.8 Å². The van der Waals surface area contributed by atoms with Crippen LogP contribution in [-0.2, 0) is 16.1 Å². The van der Waals surface area contributed by atoms with E-state index in [2.05, 4.69) is 20.8 Å². The summed E-state index contributed by atoms with van der Waals surface area (Å²) in [4.78, 5) is 33.0. The normalized spacial score (nSPS) is 11.4. The van der Waals surface area contributed by atoms with E-state index >= 15 is 0 Å². The molecule has 0 saturated heterocycles. The number of nitrogens with one attached hydrogen (secondary N) is 2. The molecule has 3 amide bonds. The second-order valence-electron chi connectivity index (χ2n) is 3.94. The fourth-order valence-electron chi connectivity index (χ4n) is 1.35. The number of nitrogens with two attached hydrogens (primary N) is 1. The summed E-state index contributed by atoms with van der Waals surface area (Å²) in [6.45, 7) is 0.113. The number of urea groups is 1. The van der Waals surface area contributed by atoms with Crippen LogP contribution in [0.2, 0.25) is 0 Å². The zero-order chi connectivity index (χ0) is 15.0. The first-order valence-electron chi connectivity index (χ1n) is 5.81. The molecule has 9 heteroatoms. The number of hydrogen-bond donors (Lipinski definition) is 4. The van der Waals surface area contributed by atoms with Crippen LogP contribution in [-0.4, -0.2) is 39.3 Å². The van der Waals surface area contributed by atoms with Gasteiger partial charge in [-0.25, -0.2) is 9.59 Å². The van der Waals surface area contributed by atoms with Gasteiger partial charge in [0.1, 0.15) is 6.04 Å². The molecule has 0 aliphatic carbocycles. The van der Waals surface area contributed by atoms with Crippen molar-refractivity contribution in [3.63, 3.8) is 0 Å². The lowest BCUT2D eigenvalue weighted by molar-refractivity contribution is -0.139. The molecule has 0 saturated carbocycles. The van der Waals surface area contributed by atoms with Gasteiger partial charge in [-0.2, -0.15) is 10.2 Å². The molecule has 5 N–H and O–H groups in total. The van der Waals surface area contributed by atoms with Crippen molar-refractivity contribution in [1.29, 1.82) is 0 Å². The van der Waals surface area contributed by atoms with E-state index in [1.807, 2.05) is 0 Å². The molecule has 0 aromatic carbocycles. The summed E-state index contributed by atoms with van der Waals surface area (Å²) in [7, 11) is 0. The number of carbonyl (C=O) groups is 3. The second-order valence-corrected chi connectivity index (χ2v) is 3.94. The summed E-state index contributed by atoms with van der Waals surface area (Å²) in [6.07, 6.45) is 1.30. The van der Waals surface area contributed by atoms with Crippen molar-refractivity contribution in [3.05, 3.63) is 24.0 Å². The minimum atomic E-state index is -1.24. The maximum Gasteiger partial charge on any atom is 0.326 e. The zero-order valence-corrected chi connectivity index (χ0v) is 10.6. The number of aromatic nitrogens is 2. The Balaban J connectivity index is 2.41. The Hall–Kier alpha value is -2.71. The number of amides is 3. The smallest absolute Gasteiger partial charge is 0.326 e. The van der Waals surface area contributed by atoms with E-state index in [-0.39, 0.29) is 19.4 Å². The second kappa shape index (κ2) is 7.67. The van der Waals surface area contributed by atoms with Gasteiger partial charge in [-0.3, -0.25) is 4.79 Å². The van der Waals surface area contributed by atoms with E-state index in [9.17, 15) is 14.4 Å². The standard InChI is InChI=1S/C11H15N5O4/c12-9(17)4-3-8(10(18)19)15-11(20)13-6-7-2-1-5-14-16-7/h1-2,5,8H,3-4,6H2,(H2,12,17)(H,18,19)(H2,13,15,20)/t8-/m1/s1. The van der Waals surface area contributed by atoms with Gasteiger partial charge >= 0.3 is 12.0 Å². The minimum Gasteiger partial charge on any atom is -0.480 e. The van der Waals surface area contributed by atoms with Crippen LogP contribution in [0, 0.1) is 0 Å². The van der Waals surface area contributed by atoms with Crippen LogP contribution < -0.4 is 16.4 Å². The van der Waals surface area contributed by atoms with Crippen molar-refractivity contribution in [2.75, 3.05) is 0 Å². The Labute approximate surface area is 114 Å². The molecule has 1 aromatic rings. The molecule has 0 bridgehead atoms. The fraction of sp³-hybridized carbons (Fsp3) is 0.364. The summed E-state index contributed by atoms with van der Waals surface area (Å²) >= 11 is 0. The van der Waals surface area contributed by atoms with Gasteiger partial charge in [-0.15, -0.1) is 0 Å². The molecule has 1 heterocycles. The van der Waals surface area contributed by atoms with E-state index in [1.54, 1.807) is 12.1 Å². The first-order valence-corrected chi connectivity index (χ1v) is 5.81. The van der Waals surface area contributed by atoms with Crippen LogP contribution in [0.5, 0.6) is 0 Å². The number of rotatable bonds is 7. The van der Waals surface area contributed by atoms with Gasteiger partial charge in [-0.1, -0.05) is 0 Å². The third kappa shape index (κ3) is 5.76. The van der Waals surface area contributed by atoms with Crippen molar-refractivity contribution < 1.29 is 19.5 Å². The fourth-order valence-corrected chi connectivity index (χ4v) is 1.35. The van der Waals surface area contributed by atoms with Gasteiger partial charge in [0, 0.05) is 12.6 Å². The van der Waals surface area contributed by atoms with Crippen LogP contribution in [0.15, 0.2) is 18.3 Å². The number of hydrogen-bond acceptors (Lipinski definition) is 5. The Morgan fingerprint density at radius 2 is 2.15 bits per heavy atom. The number of nitrogens with zero attached hydrogens (tertiary/aromatic N) is 2. The first-order chi connectivity index (χ1) is 9.49. The molecular weight excluding hydrogens is 266 g/mol. The molecule has 0 radical (unpaired) electrons. The molecule has 1 atom stereocenters. The predicted molar refractivity (Wildman–Crippen MR) is 67.3 cm³/mol. The number of carbonyl (C=O) groups excluding carboxylic acids is 2. The highest BCUT2D eigenvalue weighted by atomic mass is 16.4. The highest BCUT2D eigenvalue weighted by Gasteiger charge is 2.20. The van der Waals surface area contributed by atoms with Crippen LogP contribution >= 0.6 is 0 Å². The van der Waals surface area contributed by atoms with Crippen molar-refractivity contribution in [2.24, 2.45) is 5.73 Å². The molecule has 1 aromatic heterocycles. The summed E-state index contributed by atoms with van der Waals surface area (Å²) in [6, 6.07) is 1.47. The van der Waals surface area contributed by atoms with Crippen LogP contribution in [0.4, 0.5) is 4.79 Å². The number of aliphatic carboxylic acids is 1. The lowest BCUT2D eigenvalue weighted by Gasteiger charge is -2.14. The summed E-state index contributed by atoms with van der Waals surface area (Å²) in [5.41, 5.74) is 5.46. The van der Waals surface area contributed by atoms with E-state index in [0.29, 0.717) is 5.69 Å². The van der Waals surface area contributed by atoms with Crippen molar-refractivity contribution in [1.82, 2.24) is 20.8 Å². The monoisotopic (exact) mass is 281 g/mol. The summed E-state index contributed by atoms with van der Waals surface area (Å²) in [5.74, 6) is -1.86. The highest BCUT2D eigenvalue weighted by molar-refractivity contribution is 5.83. The quantitative estimate of drug-likeness (QED) is 0.503. The Bertz CT molecular complexity index is 479. The van der Waals surface area contributed by atoms with Crippen LogP contribution in [0.1, 0.15) is 18.5 Å². The predicted octanol–water partition coefficient (Wildman–Crippen LogP) is -1.01. The highest BCUT2D eigenvalue weighted by Crippen LogP contribution is 1.97. The molecule has 1 rings (SSSR count). The van der Waals surface area contributed by atoms with Gasteiger partial charge in [0.2, 0.25) is 5.91 Å². The van der Waals surface area contributed by atoms with Crippen molar-refractivity contribution >= 4 is 17.9 Å². The van der Waals surface area contributed by atoms with E-state index in [0.717, 1.165) is 0 Å². The molecule has 20 heavy (non-hydrogen) atoms. The SMILES string of the molecule is NC(=O)CC[C@@H](NC(=O)NCc1cccnn1)C(=O)O. The van der Waals surface area contributed by atoms with Gasteiger partial charge < -0.3 is 21.5 Å². The number of carboxylic acid groups (broad SMARTS) is 1. The van der Waals surface area contributed by atoms with Gasteiger partial charge in [0.05, 0.1) is 12.2 Å².